The molecule has 6 nitrogen and oxygen atoms in total. The summed E-state index contributed by atoms with van der Waals surface area (Å²) in [6.45, 7) is 7.29. The molecule has 1 heterocycles. The Kier molecular flexibility index (Phi) is 8.04. The van der Waals surface area contributed by atoms with Gasteiger partial charge in [-0.05, 0) is 48.4 Å². The molecule has 2 aromatic rings. The van der Waals surface area contributed by atoms with Gasteiger partial charge in [0, 0.05) is 37.7 Å². The zero-order valence-electron chi connectivity index (χ0n) is 16.7. The quantitative estimate of drug-likeness (QED) is 0.533. The highest BCUT2D eigenvalue weighted by Gasteiger charge is 2.19. The standard InChI is InChI=1S/C22H27ClN4O2/c1-2-29-20-9-7-18(8-10-20)15-24-25-22(28)17-27-13-11-26(12-14-27)16-19-5-3-4-6-21(19)23/h3-10,15H,2,11-14,16-17H2,1H3,(H,25,28)/b24-15-. The van der Waals surface area contributed by atoms with E-state index >= 15 is 0 Å². The van der Waals surface area contributed by atoms with Crippen molar-refractivity contribution in [2.45, 2.75) is 13.5 Å². The number of benzene rings is 2. The molecule has 154 valence electrons. The fourth-order valence-electron chi connectivity index (χ4n) is 3.21. The number of nitrogens with one attached hydrogen (secondary N) is 1. The van der Waals surface area contributed by atoms with E-state index in [1.807, 2.05) is 49.4 Å². The zero-order chi connectivity index (χ0) is 20.5. The molecule has 1 aliphatic rings. The maximum atomic E-state index is 12.1. The van der Waals surface area contributed by atoms with Crippen molar-refractivity contribution < 1.29 is 9.53 Å². The van der Waals surface area contributed by atoms with Gasteiger partial charge in [0.25, 0.3) is 5.91 Å². The van der Waals surface area contributed by atoms with E-state index in [4.69, 9.17) is 16.3 Å². The lowest BCUT2D eigenvalue weighted by molar-refractivity contribution is -0.122. The first-order valence-electron chi connectivity index (χ1n) is 9.87. The summed E-state index contributed by atoms with van der Waals surface area (Å²) < 4.78 is 5.40. The molecule has 29 heavy (non-hydrogen) atoms. The molecule has 0 spiro atoms. The third-order valence-electron chi connectivity index (χ3n) is 4.78. The second kappa shape index (κ2) is 11.0. The molecular weight excluding hydrogens is 388 g/mol. The Morgan fingerprint density at radius 2 is 1.79 bits per heavy atom. The summed E-state index contributed by atoms with van der Waals surface area (Å²) in [6.07, 6.45) is 1.63. The Labute approximate surface area is 177 Å². The molecule has 1 aliphatic heterocycles. The molecule has 2 aromatic carbocycles. The maximum absolute atomic E-state index is 12.1. The Morgan fingerprint density at radius 1 is 1.10 bits per heavy atom. The van der Waals surface area contributed by atoms with E-state index in [0.717, 1.165) is 54.6 Å². The summed E-state index contributed by atoms with van der Waals surface area (Å²) in [5.41, 5.74) is 4.65. The second-order valence-corrected chi connectivity index (χ2v) is 7.35. The fraction of sp³-hybridized carbons (Fsp3) is 0.364. The number of hydrogen-bond donors (Lipinski definition) is 1. The molecule has 0 unspecified atom stereocenters. The van der Waals surface area contributed by atoms with Gasteiger partial charge in [0.15, 0.2) is 0 Å². The molecule has 1 N–H and O–H groups in total. The van der Waals surface area contributed by atoms with E-state index < -0.39 is 0 Å². The third-order valence-corrected chi connectivity index (χ3v) is 5.15. The van der Waals surface area contributed by atoms with E-state index in [-0.39, 0.29) is 5.91 Å². The summed E-state index contributed by atoms with van der Waals surface area (Å²) in [7, 11) is 0. The van der Waals surface area contributed by atoms with Crippen LogP contribution in [0.1, 0.15) is 18.1 Å². The van der Waals surface area contributed by atoms with Gasteiger partial charge in [0.2, 0.25) is 0 Å². The summed E-state index contributed by atoms with van der Waals surface area (Å²) >= 11 is 6.25. The Hall–Kier alpha value is -2.41. The molecule has 0 saturated carbocycles. The molecular formula is C22H27ClN4O2. The molecule has 1 amide bonds. The van der Waals surface area contributed by atoms with Gasteiger partial charge in [-0.3, -0.25) is 14.6 Å². The Balaban J connectivity index is 1.37. The number of hydrogen-bond acceptors (Lipinski definition) is 5. The smallest absolute Gasteiger partial charge is 0.254 e. The minimum absolute atomic E-state index is 0.105. The lowest BCUT2D eigenvalue weighted by Gasteiger charge is -2.34. The van der Waals surface area contributed by atoms with Crippen LogP contribution in [0.15, 0.2) is 53.6 Å². The van der Waals surface area contributed by atoms with Crippen LogP contribution in [0.3, 0.4) is 0 Å². The summed E-state index contributed by atoms with van der Waals surface area (Å²) in [5, 5.41) is 4.85. The number of halogens is 1. The summed E-state index contributed by atoms with van der Waals surface area (Å²) in [6, 6.07) is 15.5. The van der Waals surface area contributed by atoms with Crippen molar-refractivity contribution in [3.8, 4) is 5.75 Å². The molecule has 0 bridgehead atoms. The largest absolute Gasteiger partial charge is 0.494 e. The number of rotatable bonds is 8. The first-order valence-corrected chi connectivity index (χ1v) is 10.2. The van der Waals surface area contributed by atoms with Crippen LogP contribution in [-0.4, -0.2) is 61.3 Å². The maximum Gasteiger partial charge on any atom is 0.254 e. The molecule has 7 heteroatoms. The number of amides is 1. The first kappa shape index (κ1) is 21.3. The highest BCUT2D eigenvalue weighted by atomic mass is 35.5. The highest BCUT2D eigenvalue weighted by Crippen LogP contribution is 2.17. The van der Waals surface area contributed by atoms with Gasteiger partial charge in [0.1, 0.15) is 5.75 Å². The van der Waals surface area contributed by atoms with Gasteiger partial charge in [-0.25, -0.2) is 5.43 Å². The van der Waals surface area contributed by atoms with Gasteiger partial charge in [-0.1, -0.05) is 29.8 Å². The van der Waals surface area contributed by atoms with Gasteiger partial charge < -0.3 is 4.74 Å². The van der Waals surface area contributed by atoms with Crippen LogP contribution in [0, 0.1) is 0 Å². The predicted octanol–water partition coefficient (Wildman–Crippen LogP) is 3.01. The van der Waals surface area contributed by atoms with Crippen molar-refractivity contribution in [2.75, 3.05) is 39.3 Å². The first-order chi connectivity index (χ1) is 14.1. The van der Waals surface area contributed by atoms with Crippen LogP contribution >= 0.6 is 11.6 Å². The van der Waals surface area contributed by atoms with E-state index in [2.05, 4.69) is 26.4 Å². The predicted molar refractivity (Wildman–Crippen MR) is 117 cm³/mol. The number of carbonyl (C=O) groups is 1. The number of ether oxygens (including phenoxy) is 1. The van der Waals surface area contributed by atoms with Gasteiger partial charge in [-0.15, -0.1) is 0 Å². The van der Waals surface area contributed by atoms with E-state index in [1.54, 1.807) is 6.21 Å². The zero-order valence-corrected chi connectivity index (χ0v) is 17.4. The van der Waals surface area contributed by atoms with Crippen molar-refractivity contribution in [1.29, 1.82) is 0 Å². The Morgan fingerprint density at radius 3 is 2.48 bits per heavy atom. The van der Waals surface area contributed by atoms with Crippen molar-refractivity contribution in [3.05, 3.63) is 64.7 Å². The Bertz CT molecular complexity index is 818. The molecule has 1 fully saturated rings. The minimum atomic E-state index is -0.105. The normalized spacial score (nSPS) is 15.5. The topological polar surface area (TPSA) is 57.2 Å². The average molecular weight is 415 g/mol. The molecule has 0 atom stereocenters. The number of hydrazone groups is 1. The van der Waals surface area contributed by atoms with Gasteiger partial charge in [-0.2, -0.15) is 5.10 Å². The molecule has 1 saturated heterocycles. The number of nitrogens with zero attached hydrogens (tertiary/aromatic N) is 3. The molecule has 0 radical (unpaired) electrons. The van der Waals surface area contributed by atoms with E-state index in [1.165, 1.54) is 0 Å². The SMILES string of the molecule is CCOc1ccc(/C=N\NC(=O)CN2CCN(Cc3ccccc3Cl)CC2)cc1. The van der Waals surface area contributed by atoms with Crippen LogP contribution in [-0.2, 0) is 11.3 Å². The van der Waals surface area contributed by atoms with Crippen LogP contribution in [0.4, 0.5) is 0 Å². The fourth-order valence-corrected chi connectivity index (χ4v) is 3.40. The van der Waals surface area contributed by atoms with E-state index in [9.17, 15) is 4.79 Å². The summed E-state index contributed by atoms with van der Waals surface area (Å²) in [5.74, 6) is 0.717. The lowest BCUT2D eigenvalue weighted by Crippen LogP contribution is -2.48. The molecule has 3 rings (SSSR count). The van der Waals surface area contributed by atoms with E-state index in [0.29, 0.717) is 13.2 Å². The molecule has 0 aliphatic carbocycles. The van der Waals surface area contributed by atoms with Crippen molar-refractivity contribution in [1.82, 2.24) is 15.2 Å². The minimum Gasteiger partial charge on any atom is -0.494 e. The average Bonchev–Trinajstić information content (AvgIpc) is 2.73. The number of carbonyl (C=O) groups excluding carboxylic acids is 1. The van der Waals surface area contributed by atoms with Gasteiger partial charge >= 0.3 is 0 Å². The van der Waals surface area contributed by atoms with Crippen LogP contribution in [0.2, 0.25) is 5.02 Å². The van der Waals surface area contributed by atoms with Crippen molar-refractivity contribution in [3.63, 3.8) is 0 Å². The number of piperazine rings is 1. The third kappa shape index (κ3) is 6.85. The van der Waals surface area contributed by atoms with Crippen LogP contribution in [0.25, 0.3) is 0 Å². The second-order valence-electron chi connectivity index (χ2n) is 6.94. The van der Waals surface area contributed by atoms with Crippen molar-refractivity contribution >= 4 is 23.7 Å². The summed E-state index contributed by atoms with van der Waals surface area (Å²) in [4.78, 5) is 16.6. The lowest BCUT2D eigenvalue weighted by atomic mass is 10.2. The van der Waals surface area contributed by atoms with Crippen LogP contribution < -0.4 is 10.2 Å². The van der Waals surface area contributed by atoms with Crippen LogP contribution in [0.5, 0.6) is 5.75 Å². The molecule has 0 aromatic heterocycles. The van der Waals surface area contributed by atoms with Crippen molar-refractivity contribution in [2.24, 2.45) is 5.10 Å². The highest BCUT2D eigenvalue weighted by molar-refractivity contribution is 6.31. The van der Waals surface area contributed by atoms with Gasteiger partial charge in [0.05, 0.1) is 19.4 Å². The monoisotopic (exact) mass is 414 g/mol.